The van der Waals surface area contributed by atoms with Crippen LogP contribution in [0.3, 0.4) is 0 Å². The lowest BCUT2D eigenvalue weighted by Crippen LogP contribution is -2.30. The van der Waals surface area contributed by atoms with E-state index in [0.717, 1.165) is 23.0 Å². The van der Waals surface area contributed by atoms with Crippen molar-refractivity contribution >= 4 is 44.6 Å². The minimum absolute atomic E-state index is 0.320. The average molecular weight is 444 g/mol. The molecule has 0 spiro atoms. The SMILES string of the molecule is Cc1noc2nc(C3CC3)cc(C(=O)O[C@@H](C)C(=O)Nc3ccc(Br)cc3)c12. The first-order chi connectivity index (χ1) is 13.4. The highest BCUT2D eigenvalue weighted by Crippen LogP contribution is 2.40. The summed E-state index contributed by atoms with van der Waals surface area (Å²) >= 11 is 3.34. The number of carbonyl (C=O) groups excluding carboxylic acids is 2. The number of carbonyl (C=O) groups is 2. The lowest BCUT2D eigenvalue weighted by molar-refractivity contribution is -0.123. The molecule has 1 N–H and O–H groups in total. The molecule has 0 saturated heterocycles. The molecule has 1 aliphatic carbocycles. The van der Waals surface area contributed by atoms with Gasteiger partial charge in [0.1, 0.15) is 0 Å². The van der Waals surface area contributed by atoms with Gasteiger partial charge in [-0.15, -0.1) is 0 Å². The van der Waals surface area contributed by atoms with Gasteiger partial charge in [-0.25, -0.2) is 9.78 Å². The molecule has 0 aliphatic heterocycles. The highest BCUT2D eigenvalue weighted by Gasteiger charge is 2.30. The summed E-state index contributed by atoms with van der Waals surface area (Å²) in [5.74, 6) is -0.677. The summed E-state index contributed by atoms with van der Waals surface area (Å²) in [6.45, 7) is 3.28. The van der Waals surface area contributed by atoms with E-state index in [4.69, 9.17) is 9.26 Å². The third kappa shape index (κ3) is 3.77. The summed E-state index contributed by atoms with van der Waals surface area (Å²) in [5.41, 5.74) is 2.62. The molecule has 1 atom stereocenters. The van der Waals surface area contributed by atoms with Crippen LogP contribution in [0.4, 0.5) is 5.69 Å². The molecule has 0 unspecified atom stereocenters. The van der Waals surface area contributed by atoms with Gasteiger partial charge in [-0.3, -0.25) is 4.79 Å². The highest BCUT2D eigenvalue weighted by atomic mass is 79.9. The first-order valence-electron chi connectivity index (χ1n) is 8.96. The van der Waals surface area contributed by atoms with E-state index >= 15 is 0 Å². The maximum atomic E-state index is 12.8. The molecule has 144 valence electrons. The number of fused-ring (bicyclic) bond motifs is 1. The molecule has 4 rings (SSSR count). The molecule has 0 bridgehead atoms. The normalized spacial score (nSPS) is 14.7. The van der Waals surface area contributed by atoms with E-state index < -0.39 is 18.0 Å². The van der Waals surface area contributed by atoms with Gasteiger partial charge in [-0.2, -0.15) is 0 Å². The zero-order valence-corrected chi connectivity index (χ0v) is 16.9. The Balaban J connectivity index is 1.53. The second-order valence-electron chi connectivity index (χ2n) is 6.86. The van der Waals surface area contributed by atoms with Crippen molar-refractivity contribution in [3.63, 3.8) is 0 Å². The Morgan fingerprint density at radius 2 is 2.00 bits per heavy atom. The first-order valence-corrected chi connectivity index (χ1v) is 9.76. The molecule has 2 aromatic heterocycles. The van der Waals surface area contributed by atoms with Crippen LogP contribution in [0.25, 0.3) is 11.1 Å². The Labute approximate surface area is 169 Å². The Morgan fingerprint density at radius 3 is 2.68 bits per heavy atom. The van der Waals surface area contributed by atoms with E-state index in [1.807, 2.05) is 12.1 Å². The van der Waals surface area contributed by atoms with Gasteiger partial charge in [0.15, 0.2) is 6.10 Å². The molecule has 1 amide bonds. The topological polar surface area (TPSA) is 94.3 Å². The lowest BCUT2D eigenvalue weighted by atomic mass is 10.1. The van der Waals surface area contributed by atoms with E-state index in [-0.39, 0.29) is 0 Å². The number of aryl methyl sites for hydroxylation is 1. The largest absolute Gasteiger partial charge is 0.449 e. The second kappa shape index (κ2) is 7.35. The van der Waals surface area contributed by atoms with E-state index in [2.05, 4.69) is 31.4 Å². The maximum absolute atomic E-state index is 12.8. The number of esters is 1. The van der Waals surface area contributed by atoms with Crippen molar-refractivity contribution in [2.24, 2.45) is 0 Å². The second-order valence-corrected chi connectivity index (χ2v) is 7.78. The molecule has 1 aromatic carbocycles. The van der Waals surface area contributed by atoms with Crippen molar-refractivity contribution in [1.82, 2.24) is 10.1 Å². The highest BCUT2D eigenvalue weighted by molar-refractivity contribution is 9.10. The molecule has 1 saturated carbocycles. The molecule has 8 heteroatoms. The van der Waals surface area contributed by atoms with Crippen LogP contribution >= 0.6 is 15.9 Å². The van der Waals surface area contributed by atoms with Crippen molar-refractivity contribution in [3.8, 4) is 0 Å². The summed E-state index contributed by atoms with van der Waals surface area (Å²) in [6.07, 6.45) is 1.10. The predicted octanol–water partition coefficient (Wildman–Crippen LogP) is 4.36. The van der Waals surface area contributed by atoms with Crippen LogP contribution in [0.5, 0.6) is 0 Å². The van der Waals surface area contributed by atoms with Crippen LogP contribution in [0.15, 0.2) is 39.3 Å². The van der Waals surface area contributed by atoms with Crippen LogP contribution in [-0.2, 0) is 9.53 Å². The van der Waals surface area contributed by atoms with Crippen molar-refractivity contribution in [1.29, 1.82) is 0 Å². The number of benzene rings is 1. The first kappa shape index (κ1) is 18.6. The molecular formula is C20H18BrN3O4. The fourth-order valence-electron chi connectivity index (χ4n) is 2.92. The van der Waals surface area contributed by atoms with Crippen molar-refractivity contribution in [2.45, 2.75) is 38.7 Å². The third-order valence-electron chi connectivity index (χ3n) is 4.62. The molecule has 0 radical (unpaired) electrons. The number of anilines is 1. The molecule has 2 heterocycles. The van der Waals surface area contributed by atoms with Gasteiger partial charge in [0, 0.05) is 21.8 Å². The Hall–Kier alpha value is -2.74. The van der Waals surface area contributed by atoms with Gasteiger partial charge in [0.05, 0.1) is 16.6 Å². The van der Waals surface area contributed by atoms with Crippen molar-refractivity contribution in [3.05, 3.63) is 51.8 Å². The number of aromatic nitrogens is 2. The van der Waals surface area contributed by atoms with E-state index in [1.165, 1.54) is 6.92 Å². The van der Waals surface area contributed by atoms with Gasteiger partial charge in [-0.1, -0.05) is 21.1 Å². The molecular weight excluding hydrogens is 426 g/mol. The van der Waals surface area contributed by atoms with Crippen LogP contribution < -0.4 is 5.32 Å². The number of hydrogen-bond donors (Lipinski definition) is 1. The number of nitrogens with one attached hydrogen (secondary N) is 1. The van der Waals surface area contributed by atoms with E-state index in [0.29, 0.717) is 34.0 Å². The third-order valence-corrected chi connectivity index (χ3v) is 5.15. The lowest BCUT2D eigenvalue weighted by Gasteiger charge is -2.14. The fourth-order valence-corrected chi connectivity index (χ4v) is 3.18. The fraction of sp³-hybridized carbons (Fsp3) is 0.300. The average Bonchev–Trinajstić information content (AvgIpc) is 3.46. The minimum atomic E-state index is -0.969. The number of rotatable bonds is 5. The monoisotopic (exact) mass is 443 g/mol. The number of nitrogens with zero attached hydrogens (tertiary/aromatic N) is 2. The molecule has 3 aromatic rings. The molecule has 1 aliphatic rings. The van der Waals surface area contributed by atoms with Crippen LogP contribution in [0, 0.1) is 6.92 Å². The summed E-state index contributed by atoms with van der Waals surface area (Å²) < 4.78 is 11.6. The minimum Gasteiger partial charge on any atom is -0.449 e. The quantitative estimate of drug-likeness (QED) is 0.588. The van der Waals surface area contributed by atoms with Crippen LogP contribution in [0.2, 0.25) is 0 Å². The smallest absolute Gasteiger partial charge is 0.339 e. The number of pyridine rings is 1. The zero-order chi connectivity index (χ0) is 19.8. The van der Waals surface area contributed by atoms with Crippen LogP contribution in [0.1, 0.15) is 47.4 Å². The summed E-state index contributed by atoms with van der Waals surface area (Å²) in [4.78, 5) is 29.7. The number of ether oxygens (including phenoxy) is 1. The summed E-state index contributed by atoms with van der Waals surface area (Å²) in [5, 5.41) is 7.16. The van der Waals surface area contributed by atoms with E-state index in [9.17, 15) is 9.59 Å². The zero-order valence-electron chi connectivity index (χ0n) is 15.4. The van der Waals surface area contributed by atoms with E-state index in [1.54, 1.807) is 25.1 Å². The Kier molecular flexibility index (Phi) is 4.89. The summed E-state index contributed by atoms with van der Waals surface area (Å²) in [7, 11) is 0. The van der Waals surface area contributed by atoms with Crippen LogP contribution in [-0.4, -0.2) is 28.1 Å². The maximum Gasteiger partial charge on any atom is 0.339 e. The molecule has 28 heavy (non-hydrogen) atoms. The number of hydrogen-bond acceptors (Lipinski definition) is 6. The van der Waals surface area contributed by atoms with Gasteiger partial charge >= 0.3 is 5.97 Å². The van der Waals surface area contributed by atoms with Gasteiger partial charge < -0.3 is 14.6 Å². The Bertz CT molecular complexity index is 1060. The number of amides is 1. The molecule has 1 fully saturated rings. The molecule has 7 nitrogen and oxygen atoms in total. The van der Waals surface area contributed by atoms with Gasteiger partial charge in [0.25, 0.3) is 11.6 Å². The van der Waals surface area contributed by atoms with Crippen molar-refractivity contribution < 1.29 is 18.8 Å². The van der Waals surface area contributed by atoms with Gasteiger partial charge in [-0.05, 0) is 57.0 Å². The standard InChI is InChI=1S/C20H18BrN3O4/c1-10-17-15(9-16(12-3-4-12)23-19(17)28-24-10)20(26)27-11(2)18(25)22-14-7-5-13(21)6-8-14/h5-9,11-12H,3-4H2,1-2H3,(H,22,25)/t11-/m0/s1. The number of halogens is 1. The predicted molar refractivity (Wildman–Crippen MR) is 106 cm³/mol. The Morgan fingerprint density at radius 1 is 1.29 bits per heavy atom. The van der Waals surface area contributed by atoms with Crippen molar-refractivity contribution in [2.75, 3.05) is 5.32 Å². The van der Waals surface area contributed by atoms with Gasteiger partial charge in [0.2, 0.25) is 0 Å². The summed E-state index contributed by atoms with van der Waals surface area (Å²) in [6, 6.07) is 8.87.